The lowest BCUT2D eigenvalue weighted by molar-refractivity contribution is 0.100. The highest BCUT2D eigenvalue weighted by atomic mass is 35.5. The van der Waals surface area contributed by atoms with Crippen LogP contribution in [0.4, 0.5) is 8.78 Å². The van der Waals surface area contributed by atoms with E-state index in [1.165, 1.54) is 0 Å². The monoisotopic (exact) mass is 427 g/mol. The molecular formula is C19H17Cl2F2N3O2. The topological polar surface area (TPSA) is 82.0 Å². The van der Waals surface area contributed by atoms with E-state index in [1.807, 2.05) is 12.1 Å². The second-order valence-electron chi connectivity index (χ2n) is 5.53. The molecule has 0 aliphatic heterocycles. The predicted octanol–water partition coefficient (Wildman–Crippen LogP) is 4.98. The van der Waals surface area contributed by atoms with Crippen molar-refractivity contribution in [3.63, 3.8) is 0 Å². The molecule has 2 aromatic carbocycles. The molecule has 0 bridgehead atoms. The van der Waals surface area contributed by atoms with Crippen LogP contribution in [-0.4, -0.2) is 22.5 Å². The van der Waals surface area contributed by atoms with E-state index >= 15 is 0 Å². The summed E-state index contributed by atoms with van der Waals surface area (Å²) in [7, 11) is 0. The summed E-state index contributed by atoms with van der Waals surface area (Å²) >= 11 is 11.2. The Bertz CT molecular complexity index is 885. The van der Waals surface area contributed by atoms with Gasteiger partial charge in [0.15, 0.2) is 5.78 Å². The molecule has 0 radical (unpaired) electrons. The molecule has 9 heteroatoms. The van der Waals surface area contributed by atoms with Gasteiger partial charge in [-0.05, 0) is 23.3 Å². The summed E-state index contributed by atoms with van der Waals surface area (Å²) in [6, 6.07) is 14.1. The highest BCUT2D eigenvalue weighted by Crippen LogP contribution is 2.23. The molecular weight excluding hydrogens is 411 g/mol. The molecule has 5 nitrogen and oxygen atoms in total. The summed E-state index contributed by atoms with van der Waals surface area (Å²) < 4.78 is 29.2. The van der Waals surface area contributed by atoms with Crippen LogP contribution in [0.5, 0.6) is 0 Å². The fourth-order valence-electron chi connectivity index (χ4n) is 2.07. The molecule has 0 saturated carbocycles. The summed E-state index contributed by atoms with van der Waals surface area (Å²) in [6.07, 6.45) is -2.75. The number of carbonyl (C=O) groups is 1. The number of carbonyl (C=O) groups excluding carboxylic acids is 1. The van der Waals surface area contributed by atoms with E-state index in [1.54, 1.807) is 36.4 Å². The number of ketones is 1. The SMILES string of the molecule is FC(F)c1nnc(-c2ccc(CCl)cc2)o1.NCC(=O)c1ccc(CCl)cc1. The van der Waals surface area contributed by atoms with Crippen molar-refractivity contribution in [1.29, 1.82) is 0 Å². The molecule has 28 heavy (non-hydrogen) atoms. The highest BCUT2D eigenvalue weighted by molar-refractivity contribution is 6.17. The van der Waals surface area contributed by atoms with Crippen LogP contribution in [0.2, 0.25) is 0 Å². The van der Waals surface area contributed by atoms with Crippen molar-refractivity contribution in [1.82, 2.24) is 10.2 Å². The normalized spacial score (nSPS) is 10.5. The summed E-state index contributed by atoms with van der Waals surface area (Å²) in [6.45, 7) is 0.0558. The third-order valence-corrected chi connectivity index (χ3v) is 4.22. The first-order valence-corrected chi connectivity index (χ1v) is 9.20. The number of rotatable bonds is 6. The fraction of sp³-hybridized carbons (Fsp3) is 0.211. The Morgan fingerprint density at radius 3 is 1.93 bits per heavy atom. The Balaban J connectivity index is 0.000000209. The zero-order valence-corrected chi connectivity index (χ0v) is 16.1. The van der Waals surface area contributed by atoms with Gasteiger partial charge >= 0.3 is 6.43 Å². The van der Waals surface area contributed by atoms with Crippen LogP contribution in [0.3, 0.4) is 0 Å². The number of halogens is 4. The van der Waals surface area contributed by atoms with Gasteiger partial charge in [-0.15, -0.1) is 33.4 Å². The molecule has 0 unspecified atom stereocenters. The van der Waals surface area contributed by atoms with E-state index in [2.05, 4.69) is 10.2 Å². The van der Waals surface area contributed by atoms with Gasteiger partial charge in [0.25, 0.3) is 5.89 Å². The van der Waals surface area contributed by atoms with Crippen LogP contribution in [0.25, 0.3) is 11.5 Å². The van der Waals surface area contributed by atoms with Crippen molar-refractivity contribution in [2.45, 2.75) is 18.2 Å². The van der Waals surface area contributed by atoms with Gasteiger partial charge in [-0.2, -0.15) is 8.78 Å². The van der Waals surface area contributed by atoms with Crippen LogP contribution in [0.15, 0.2) is 52.9 Å². The van der Waals surface area contributed by atoms with Gasteiger partial charge in [0.2, 0.25) is 5.89 Å². The van der Waals surface area contributed by atoms with E-state index < -0.39 is 12.3 Å². The Hall–Kier alpha value is -2.35. The molecule has 1 heterocycles. The number of nitrogens with two attached hydrogens (primary N) is 1. The predicted molar refractivity (Wildman–Crippen MR) is 104 cm³/mol. The second-order valence-corrected chi connectivity index (χ2v) is 6.07. The summed E-state index contributed by atoms with van der Waals surface area (Å²) in [5.74, 6) is 0.229. The summed E-state index contributed by atoms with van der Waals surface area (Å²) in [4.78, 5) is 11.1. The molecule has 0 fully saturated rings. The zero-order chi connectivity index (χ0) is 20.5. The minimum absolute atomic E-state index is 0.0453. The molecule has 0 aliphatic rings. The smallest absolute Gasteiger partial charge is 0.314 e. The maximum absolute atomic E-state index is 12.2. The number of aromatic nitrogens is 2. The Morgan fingerprint density at radius 2 is 1.50 bits per heavy atom. The number of hydrogen-bond donors (Lipinski definition) is 1. The fourth-order valence-corrected chi connectivity index (χ4v) is 2.43. The summed E-state index contributed by atoms with van der Waals surface area (Å²) in [5, 5.41) is 6.78. The molecule has 0 aliphatic carbocycles. The van der Waals surface area contributed by atoms with Crippen LogP contribution in [0, 0.1) is 0 Å². The van der Waals surface area contributed by atoms with E-state index in [4.69, 9.17) is 33.4 Å². The highest BCUT2D eigenvalue weighted by Gasteiger charge is 2.16. The molecule has 1 aromatic heterocycles. The van der Waals surface area contributed by atoms with Gasteiger partial charge in [-0.3, -0.25) is 4.79 Å². The lowest BCUT2D eigenvalue weighted by Crippen LogP contribution is -2.13. The quantitative estimate of drug-likeness (QED) is 0.442. The number of Topliss-reactive ketones (excluding diaryl/α,β-unsaturated/α-hetero) is 1. The van der Waals surface area contributed by atoms with Gasteiger partial charge in [-0.1, -0.05) is 36.4 Å². The van der Waals surface area contributed by atoms with E-state index in [0.29, 0.717) is 22.9 Å². The molecule has 148 valence electrons. The molecule has 3 rings (SSSR count). The molecule has 0 atom stereocenters. The maximum Gasteiger partial charge on any atom is 0.314 e. The summed E-state index contributed by atoms with van der Waals surface area (Å²) in [5.41, 5.74) is 8.37. The average molecular weight is 428 g/mol. The van der Waals surface area contributed by atoms with E-state index in [-0.39, 0.29) is 18.2 Å². The first kappa shape index (κ1) is 21.9. The standard InChI is InChI=1S/C10H7ClF2N2O.C9H10ClNO/c11-5-6-1-3-7(4-2-6)9-14-15-10(16-9)8(12)13;10-5-7-1-3-8(4-2-7)9(12)6-11/h1-4,8H,5H2;1-4H,5-6,11H2. The van der Waals surface area contributed by atoms with Crippen LogP contribution >= 0.6 is 23.2 Å². The number of alkyl halides is 4. The van der Waals surface area contributed by atoms with Gasteiger partial charge in [0, 0.05) is 22.9 Å². The second kappa shape index (κ2) is 10.8. The van der Waals surface area contributed by atoms with Crippen molar-refractivity contribution in [3.8, 4) is 11.5 Å². The minimum Gasteiger partial charge on any atom is -0.415 e. The Kier molecular flexibility index (Phi) is 8.50. The first-order valence-electron chi connectivity index (χ1n) is 8.13. The average Bonchev–Trinajstić information content (AvgIpc) is 3.24. The number of benzene rings is 2. The third-order valence-electron chi connectivity index (χ3n) is 3.60. The number of hydrogen-bond acceptors (Lipinski definition) is 5. The van der Waals surface area contributed by atoms with Crippen LogP contribution in [0.1, 0.15) is 33.8 Å². The maximum atomic E-state index is 12.2. The number of nitrogens with zero attached hydrogens (tertiary/aromatic N) is 2. The van der Waals surface area contributed by atoms with E-state index in [9.17, 15) is 13.6 Å². The van der Waals surface area contributed by atoms with Crippen molar-refractivity contribution in [3.05, 3.63) is 71.1 Å². The largest absolute Gasteiger partial charge is 0.415 e. The lowest BCUT2D eigenvalue weighted by Gasteiger charge is -1.98. The van der Waals surface area contributed by atoms with Crippen molar-refractivity contribution in [2.75, 3.05) is 6.54 Å². The van der Waals surface area contributed by atoms with Gasteiger partial charge in [0.1, 0.15) is 0 Å². The van der Waals surface area contributed by atoms with Crippen LogP contribution in [-0.2, 0) is 11.8 Å². The van der Waals surface area contributed by atoms with Crippen LogP contribution < -0.4 is 5.73 Å². The van der Waals surface area contributed by atoms with Gasteiger partial charge in [-0.25, -0.2) is 0 Å². The molecule has 0 amide bonds. The van der Waals surface area contributed by atoms with Crippen molar-refractivity contribution in [2.24, 2.45) is 5.73 Å². The Morgan fingerprint density at radius 1 is 0.964 bits per heavy atom. The van der Waals surface area contributed by atoms with Crippen molar-refractivity contribution < 1.29 is 18.0 Å². The molecule has 0 spiro atoms. The molecule has 3 aromatic rings. The third kappa shape index (κ3) is 6.09. The Labute approximate surface area is 170 Å². The van der Waals surface area contributed by atoms with Gasteiger partial charge in [0.05, 0.1) is 6.54 Å². The van der Waals surface area contributed by atoms with Gasteiger partial charge < -0.3 is 10.2 Å². The molecule has 2 N–H and O–H groups in total. The molecule has 0 saturated heterocycles. The zero-order valence-electron chi connectivity index (χ0n) is 14.6. The van der Waals surface area contributed by atoms with Crippen molar-refractivity contribution >= 4 is 29.0 Å². The first-order chi connectivity index (χ1) is 13.5. The lowest BCUT2D eigenvalue weighted by atomic mass is 10.1. The van der Waals surface area contributed by atoms with E-state index in [0.717, 1.165) is 11.1 Å². The minimum atomic E-state index is -2.75.